The lowest BCUT2D eigenvalue weighted by Crippen LogP contribution is -2.29. The number of nitro groups is 1. The van der Waals surface area contributed by atoms with E-state index in [4.69, 9.17) is 0 Å². The van der Waals surface area contributed by atoms with Gasteiger partial charge in [0.05, 0.1) is 21.0 Å². The van der Waals surface area contributed by atoms with Crippen molar-refractivity contribution in [3.63, 3.8) is 0 Å². The SMILES string of the molecule is O=C(c1cc2cc([N+](=O)[O-])ccc2s1)N(Cc1cccnc1)c1nc2c(F)cccc2s1. The molecule has 5 rings (SSSR count). The molecule has 0 fully saturated rings. The van der Waals surface area contributed by atoms with Gasteiger partial charge < -0.3 is 0 Å². The maximum Gasteiger partial charge on any atom is 0.270 e. The Hall–Kier alpha value is -3.76. The van der Waals surface area contributed by atoms with E-state index >= 15 is 0 Å². The van der Waals surface area contributed by atoms with E-state index in [1.807, 2.05) is 6.07 Å². The highest BCUT2D eigenvalue weighted by atomic mass is 32.1. The number of hydrogen-bond donors (Lipinski definition) is 0. The highest BCUT2D eigenvalue weighted by molar-refractivity contribution is 7.23. The Kier molecular flexibility index (Phi) is 5.08. The van der Waals surface area contributed by atoms with E-state index in [2.05, 4.69) is 9.97 Å². The first-order valence-corrected chi connectivity index (χ1v) is 11.1. The van der Waals surface area contributed by atoms with Crippen molar-refractivity contribution in [1.29, 1.82) is 0 Å². The number of thiazole rings is 1. The smallest absolute Gasteiger partial charge is 0.270 e. The summed E-state index contributed by atoms with van der Waals surface area (Å²) in [5.41, 5.74) is 0.962. The van der Waals surface area contributed by atoms with Crippen molar-refractivity contribution >= 4 is 59.7 Å². The molecule has 0 spiro atoms. The molecule has 0 bridgehead atoms. The van der Waals surface area contributed by atoms with Crippen LogP contribution in [0.5, 0.6) is 0 Å². The average Bonchev–Trinajstić information content (AvgIpc) is 3.42. The molecule has 2 aromatic carbocycles. The van der Waals surface area contributed by atoms with Gasteiger partial charge in [0.1, 0.15) is 11.3 Å². The lowest BCUT2D eigenvalue weighted by Gasteiger charge is -2.19. The van der Waals surface area contributed by atoms with Crippen molar-refractivity contribution in [2.75, 3.05) is 4.90 Å². The summed E-state index contributed by atoms with van der Waals surface area (Å²) in [6, 6.07) is 14.4. The monoisotopic (exact) mass is 464 g/mol. The first kappa shape index (κ1) is 20.2. The molecule has 0 unspecified atom stereocenters. The number of pyridine rings is 1. The third kappa shape index (κ3) is 3.70. The number of thiophene rings is 1. The van der Waals surface area contributed by atoms with Crippen LogP contribution in [-0.4, -0.2) is 20.8 Å². The van der Waals surface area contributed by atoms with E-state index in [-0.39, 0.29) is 23.7 Å². The zero-order valence-electron chi connectivity index (χ0n) is 16.3. The number of carbonyl (C=O) groups excluding carboxylic acids is 1. The number of amides is 1. The minimum absolute atomic E-state index is 0.0387. The molecule has 0 saturated carbocycles. The van der Waals surface area contributed by atoms with Gasteiger partial charge in [-0.05, 0) is 35.9 Å². The van der Waals surface area contributed by atoms with Crippen LogP contribution in [-0.2, 0) is 6.54 Å². The Balaban J connectivity index is 1.59. The highest BCUT2D eigenvalue weighted by Gasteiger charge is 2.24. The van der Waals surface area contributed by atoms with E-state index in [1.165, 1.54) is 45.8 Å². The average molecular weight is 465 g/mol. The molecule has 0 N–H and O–H groups in total. The molecule has 32 heavy (non-hydrogen) atoms. The van der Waals surface area contributed by atoms with Gasteiger partial charge in [0.25, 0.3) is 11.6 Å². The first-order valence-electron chi connectivity index (χ1n) is 9.43. The van der Waals surface area contributed by atoms with E-state index in [0.29, 0.717) is 20.1 Å². The zero-order valence-corrected chi connectivity index (χ0v) is 17.9. The maximum atomic E-state index is 14.2. The number of hydrogen-bond acceptors (Lipinski definition) is 7. The van der Waals surface area contributed by atoms with Gasteiger partial charge in [-0.25, -0.2) is 9.37 Å². The second-order valence-corrected chi connectivity index (χ2v) is 9.02. The summed E-state index contributed by atoms with van der Waals surface area (Å²) in [7, 11) is 0. The van der Waals surface area contributed by atoms with Crippen molar-refractivity contribution in [2.24, 2.45) is 0 Å². The largest absolute Gasteiger partial charge is 0.279 e. The van der Waals surface area contributed by atoms with Crippen LogP contribution in [0.1, 0.15) is 15.2 Å². The summed E-state index contributed by atoms with van der Waals surface area (Å²) in [4.78, 5) is 34.6. The molecule has 7 nitrogen and oxygen atoms in total. The number of non-ortho nitro benzene ring substituents is 1. The fraction of sp³-hybridized carbons (Fsp3) is 0.0455. The van der Waals surface area contributed by atoms with Crippen molar-refractivity contribution in [2.45, 2.75) is 6.54 Å². The molecule has 158 valence electrons. The van der Waals surface area contributed by atoms with Crippen LogP contribution in [0.4, 0.5) is 15.2 Å². The number of fused-ring (bicyclic) bond motifs is 2. The normalized spacial score (nSPS) is 11.2. The second kappa shape index (κ2) is 8.06. The van der Waals surface area contributed by atoms with Gasteiger partial charge in [-0.1, -0.05) is 23.5 Å². The molecule has 3 heterocycles. The van der Waals surface area contributed by atoms with Crippen molar-refractivity contribution in [3.8, 4) is 0 Å². The molecule has 0 aliphatic rings. The Bertz CT molecular complexity index is 1480. The molecule has 0 saturated heterocycles. The lowest BCUT2D eigenvalue weighted by molar-refractivity contribution is -0.384. The van der Waals surface area contributed by atoms with Crippen LogP contribution in [0.15, 0.2) is 67.0 Å². The fourth-order valence-corrected chi connectivity index (χ4v) is 5.27. The van der Waals surface area contributed by atoms with Crippen LogP contribution in [0.2, 0.25) is 0 Å². The molecule has 0 atom stereocenters. The quantitative estimate of drug-likeness (QED) is 0.242. The van der Waals surface area contributed by atoms with Crippen LogP contribution in [0.25, 0.3) is 20.3 Å². The predicted molar refractivity (Wildman–Crippen MR) is 123 cm³/mol. The van der Waals surface area contributed by atoms with Gasteiger partial charge in [-0.2, -0.15) is 0 Å². The van der Waals surface area contributed by atoms with Gasteiger partial charge in [0.15, 0.2) is 5.13 Å². The van der Waals surface area contributed by atoms with Gasteiger partial charge in [0.2, 0.25) is 0 Å². The molecule has 0 aliphatic heterocycles. The van der Waals surface area contributed by atoms with Crippen LogP contribution in [0, 0.1) is 15.9 Å². The van der Waals surface area contributed by atoms with E-state index in [9.17, 15) is 19.3 Å². The summed E-state index contributed by atoms with van der Waals surface area (Å²) in [6.45, 7) is 0.197. The molecular weight excluding hydrogens is 451 g/mol. The van der Waals surface area contributed by atoms with Gasteiger partial charge in [0, 0.05) is 34.6 Å². The van der Waals surface area contributed by atoms with Gasteiger partial charge in [-0.3, -0.25) is 24.8 Å². The minimum atomic E-state index is -0.469. The number of carbonyl (C=O) groups is 1. The van der Waals surface area contributed by atoms with Crippen molar-refractivity contribution in [1.82, 2.24) is 9.97 Å². The minimum Gasteiger partial charge on any atom is -0.279 e. The second-order valence-electron chi connectivity index (χ2n) is 6.93. The summed E-state index contributed by atoms with van der Waals surface area (Å²) in [5.74, 6) is -0.773. The van der Waals surface area contributed by atoms with E-state index in [0.717, 1.165) is 10.3 Å². The zero-order chi connectivity index (χ0) is 22.2. The summed E-state index contributed by atoms with van der Waals surface area (Å²) >= 11 is 2.47. The summed E-state index contributed by atoms with van der Waals surface area (Å²) in [6.07, 6.45) is 3.30. The van der Waals surface area contributed by atoms with Crippen LogP contribution >= 0.6 is 22.7 Å². The summed E-state index contributed by atoms with van der Waals surface area (Å²) < 4.78 is 15.6. The van der Waals surface area contributed by atoms with Gasteiger partial charge >= 0.3 is 0 Å². The Morgan fingerprint density at radius 1 is 1.09 bits per heavy atom. The molecule has 0 aliphatic carbocycles. The Morgan fingerprint density at radius 2 is 1.97 bits per heavy atom. The number of anilines is 1. The molecular formula is C22H13FN4O3S2. The summed E-state index contributed by atoms with van der Waals surface area (Å²) in [5, 5.41) is 12.1. The van der Waals surface area contributed by atoms with Crippen molar-refractivity contribution in [3.05, 3.63) is 93.4 Å². The number of nitro benzene ring substituents is 1. The van der Waals surface area contributed by atoms with E-state index < -0.39 is 10.7 Å². The molecule has 3 aromatic heterocycles. The predicted octanol–water partition coefficient (Wildman–Crippen LogP) is 5.80. The van der Waals surface area contributed by atoms with Crippen LogP contribution < -0.4 is 4.90 Å². The first-order chi connectivity index (χ1) is 15.5. The number of aromatic nitrogens is 2. The maximum absolute atomic E-state index is 14.2. The van der Waals surface area contributed by atoms with Crippen LogP contribution in [0.3, 0.4) is 0 Å². The standard InChI is InChI=1S/C22H13FN4O3S2/c23-16-4-1-5-18-20(16)25-22(32-18)26(12-13-3-2-8-24-11-13)21(28)19-10-14-9-15(27(29)30)6-7-17(14)31-19/h1-11H,12H2. The molecule has 1 amide bonds. The fourth-order valence-electron chi connectivity index (χ4n) is 3.30. The lowest BCUT2D eigenvalue weighted by atomic mass is 10.2. The molecule has 0 radical (unpaired) electrons. The number of nitrogens with zero attached hydrogens (tertiary/aromatic N) is 4. The van der Waals surface area contributed by atoms with E-state index in [1.54, 1.807) is 42.7 Å². The highest BCUT2D eigenvalue weighted by Crippen LogP contribution is 2.34. The molecule has 10 heteroatoms. The molecule has 5 aromatic rings. The topological polar surface area (TPSA) is 89.2 Å². The number of benzene rings is 2. The van der Waals surface area contributed by atoms with Crippen molar-refractivity contribution < 1.29 is 14.1 Å². The van der Waals surface area contributed by atoms with Gasteiger partial charge in [-0.15, -0.1) is 11.3 Å². The number of para-hydroxylation sites is 1. The third-order valence-electron chi connectivity index (χ3n) is 4.82. The Labute approximate surface area is 188 Å². The number of halogens is 1. The third-order valence-corrected chi connectivity index (χ3v) is 6.97. The Morgan fingerprint density at radius 3 is 2.72 bits per heavy atom. The number of rotatable bonds is 5.